The molecule has 36 heavy (non-hydrogen) atoms. The monoisotopic (exact) mass is 528 g/mol. The van der Waals surface area contributed by atoms with E-state index in [0.29, 0.717) is 24.6 Å². The molecule has 1 aliphatic rings. The summed E-state index contributed by atoms with van der Waals surface area (Å²) in [5.74, 6) is 0.0343. The average Bonchev–Trinajstić information content (AvgIpc) is 3.55. The van der Waals surface area contributed by atoms with Crippen LogP contribution in [0, 0.1) is 0 Å². The molecule has 0 bridgehead atoms. The molecule has 4 heterocycles. The second-order valence-electron chi connectivity index (χ2n) is 8.88. The van der Waals surface area contributed by atoms with Crippen LogP contribution in [-0.2, 0) is 19.3 Å². The predicted molar refractivity (Wildman–Crippen MR) is 138 cm³/mol. The number of hydrogen-bond acceptors (Lipinski definition) is 10. The number of nitrogen functional groups attached to an aromatic ring is 1. The first-order valence-corrected chi connectivity index (χ1v) is 14.5. The highest BCUT2D eigenvalue weighted by Crippen LogP contribution is 2.39. The molecule has 0 aromatic carbocycles. The van der Waals surface area contributed by atoms with Crippen molar-refractivity contribution in [3.63, 3.8) is 0 Å². The number of nitrogens with zero attached hydrogens (tertiary/aromatic N) is 5. The van der Waals surface area contributed by atoms with Crippen LogP contribution in [0.3, 0.4) is 0 Å². The van der Waals surface area contributed by atoms with Crippen molar-refractivity contribution in [1.82, 2.24) is 24.6 Å². The molecule has 2 N–H and O–H groups in total. The van der Waals surface area contributed by atoms with Gasteiger partial charge in [0.1, 0.15) is 15.7 Å². The predicted octanol–water partition coefficient (Wildman–Crippen LogP) is 3.59. The number of rotatable bonds is 8. The van der Waals surface area contributed by atoms with E-state index in [0.717, 1.165) is 47.5 Å². The third kappa shape index (κ3) is 4.85. The zero-order valence-electron chi connectivity index (χ0n) is 20.1. The Morgan fingerprint density at radius 3 is 2.58 bits per heavy atom. The van der Waals surface area contributed by atoms with Gasteiger partial charge in [0.15, 0.2) is 15.5 Å². The van der Waals surface area contributed by atoms with Crippen LogP contribution in [0.15, 0.2) is 41.0 Å². The minimum Gasteiger partial charge on any atom is -0.382 e. The maximum Gasteiger partial charge on any atom is 0.180 e. The number of nitrogens with two attached hydrogens (primary N) is 1. The van der Waals surface area contributed by atoms with Crippen LogP contribution >= 0.6 is 11.3 Å². The molecule has 4 aromatic rings. The van der Waals surface area contributed by atoms with Gasteiger partial charge in [-0.05, 0) is 31.7 Å². The fourth-order valence-electron chi connectivity index (χ4n) is 4.71. The SMILES string of the molecule is COCCOC1CCC(c2nc3c(-c4ccc(-c5nccs5)nc4)cnn3c(N)c2S(C)(=O)=O)CC1. The number of methoxy groups -OCH3 is 1. The fraction of sp³-hybridized carbons (Fsp3) is 0.417. The van der Waals surface area contributed by atoms with Crippen LogP contribution in [0.1, 0.15) is 37.3 Å². The normalized spacial score (nSPS) is 18.6. The summed E-state index contributed by atoms with van der Waals surface area (Å²) in [6.07, 6.45) is 9.60. The van der Waals surface area contributed by atoms with Gasteiger partial charge in [-0.3, -0.25) is 4.98 Å². The number of thiazole rings is 1. The largest absolute Gasteiger partial charge is 0.382 e. The van der Waals surface area contributed by atoms with E-state index in [1.807, 2.05) is 17.5 Å². The van der Waals surface area contributed by atoms with Gasteiger partial charge in [0.25, 0.3) is 0 Å². The van der Waals surface area contributed by atoms with Crippen molar-refractivity contribution in [2.75, 3.05) is 32.3 Å². The Balaban J connectivity index is 1.51. The number of hydrogen-bond donors (Lipinski definition) is 1. The summed E-state index contributed by atoms with van der Waals surface area (Å²) in [7, 11) is -1.99. The Kier molecular flexibility index (Phi) is 7.02. The van der Waals surface area contributed by atoms with E-state index in [2.05, 4.69) is 15.1 Å². The van der Waals surface area contributed by atoms with Gasteiger partial charge in [-0.25, -0.2) is 18.4 Å². The van der Waals surface area contributed by atoms with Crippen LogP contribution in [0.4, 0.5) is 5.82 Å². The number of ether oxygens (including phenoxy) is 2. The lowest BCUT2D eigenvalue weighted by Crippen LogP contribution is -2.24. The number of sulfone groups is 1. The van der Waals surface area contributed by atoms with Crippen molar-refractivity contribution in [3.05, 3.63) is 41.8 Å². The molecule has 0 saturated heterocycles. The van der Waals surface area contributed by atoms with Crippen LogP contribution in [0.5, 0.6) is 0 Å². The molecule has 1 aliphatic carbocycles. The summed E-state index contributed by atoms with van der Waals surface area (Å²) in [4.78, 5) is 13.8. The lowest BCUT2D eigenvalue weighted by Gasteiger charge is -2.29. The third-order valence-electron chi connectivity index (χ3n) is 6.46. The van der Waals surface area contributed by atoms with Gasteiger partial charge in [0.2, 0.25) is 0 Å². The van der Waals surface area contributed by atoms with E-state index in [1.165, 1.54) is 22.1 Å². The molecule has 12 heteroatoms. The highest BCUT2D eigenvalue weighted by atomic mass is 32.2. The number of fused-ring (bicyclic) bond motifs is 1. The Hall–Kier alpha value is -2.93. The Bertz CT molecular complexity index is 1440. The van der Waals surface area contributed by atoms with Crippen LogP contribution in [0.2, 0.25) is 0 Å². The van der Waals surface area contributed by atoms with E-state index < -0.39 is 9.84 Å². The minimum absolute atomic E-state index is 0.0440. The molecule has 4 aromatic heterocycles. The number of pyridine rings is 1. The molecule has 1 saturated carbocycles. The maximum absolute atomic E-state index is 12.8. The van der Waals surface area contributed by atoms with Crippen LogP contribution in [-0.4, -0.2) is 65.7 Å². The van der Waals surface area contributed by atoms with Gasteiger partial charge in [0, 0.05) is 48.2 Å². The van der Waals surface area contributed by atoms with Crippen molar-refractivity contribution >= 4 is 32.6 Å². The molecule has 0 atom stereocenters. The fourth-order valence-corrected chi connectivity index (χ4v) is 6.38. The molecule has 0 radical (unpaired) electrons. The first kappa shape index (κ1) is 24.8. The lowest BCUT2D eigenvalue weighted by atomic mass is 9.85. The van der Waals surface area contributed by atoms with Gasteiger partial charge >= 0.3 is 0 Å². The van der Waals surface area contributed by atoms with E-state index >= 15 is 0 Å². The Labute approximate surface area is 213 Å². The molecule has 0 spiro atoms. The van der Waals surface area contributed by atoms with E-state index in [4.69, 9.17) is 20.2 Å². The van der Waals surface area contributed by atoms with E-state index in [-0.39, 0.29) is 22.7 Å². The van der Waals surface area contributed by atoms with Gasteiger partial charge < -0.3 is 15.2 Å². The van der Waals surface area contributed by atoms with Crippen LogP contribution < -0.4 is 5.73 Å². The van der Waals surface area contributed by atoms with Gasteiger partial charge in [-0.2, -0.15) is 9.61 Å². The van der Waals surface area contributed by atoms with Crippen molar-refractivity contribution in [2.45, 2.75) is 42.6 Å². The second-order valence-corrected chi connectivity index (χ2v) is 11.7. The zero-order valence-corrected chi connectivity index (χ0v) is 21.8. The average molecular weight is 529 g/mol. The number of aromatic nitrogens is 5. The molecule has 5 rings (SSSR count). The molecule has 0 aliphatic heterocycles. The quantitative estimate of drug-likeness (QED) is 0.340. The molecular formula is C24H28N6O4S2. The van der Waals surface area contributed by atoms with Crippen molar-refractivity contribution < 1.29 is 17.9 Å². The highest BCUT2D eigenvalue weighted by Gasteiger charge is 2.31. The molecule has 0 amide bonds. The smallest absolute Gasteiger partial charge is 0.180 e. The topological polar surface area (TPSA) is 135 Å². The van der Waals surface area contributed by atoms with Crippen molar-refractivity contribution in [1.29, 1.82) is 0 Å². The summed E-state index contributed by atoms with van der Waals surface area (Å²) >= 11 is 1.52. The number of anilines is 1. The molecule has 190 valence electrons. The van der Waals surface area contributed by atoms with Crippen LogP contribution in [0.25, 0.3) is 27.5 Å². The highest BCUT2D eigenvalue weighted by molar-refractivity contribution is 7.91. The standard InChI is InChI=1S/C24H28N6O4S2/c1-33-10-11-34-17-6-3-15(4-7-17)20-21(36(2,31)32)22(25)30-23(29-20)18(14-28-30)16-5-8-19(27-13-16)24-26-9-12-35-24/h5,8-9,12-15,17H,3-4,6-7,10-11,25H2,1-2H3. The molecule has 10 nitrogen and oxygen atoms in total. The van der Waals surface area contributed by atoms with Crippen molar-refractivity contribution in [2.24, 2.45) is 0 Å². The minimum atomic E-state index is -3.64. The second kappa shape index (κ2) is 10.2. The zero-order chi connectivity index (χ0) is 25.3. The van der Waals surface area contributed by atoms with E-state index in [9.17, 15) is 8.42 Å². The third-order valence-corrected chi connectivity index (χ3v) is 8.42. The first-order valence-electron chi connectivity index (χ1n) is 11.7. The summed E-state index contributed by atoms with van der Waals surface area (Å²) < 4.78 is 38.0. The Morgan fingerprint density at radius 2 is 1.94 bits per heavy atom. The maximum atomic E-state index is 12.8. The van der Waals surface area contributed by atoms with Gasteiger partial charge in [0.05, 0.1) is 36.9 Å². The Morgan fingerprint density at radius 1 is 1.14 bits per heavy atom. The van der Waals surface area contributed by atoms with Gasteiger partial charge in [-0.15, -0.1) is 11.3 Å². The summed E-state index contributed by atoms with van der Waals surface area (Å²) in [5.41, 5.74) is 9.76. The van der Waals surface area contributed by atoms with Gasteiger partial charge in [-0.1, -0.05) is 6.07 Å². The molecule has 1 fully saturated rings. The van der Waals surface area contributed by atoms with E-state index in [1.54, 1.807) is 25.7 Å². The van der Waals surface area contributed by atoms with Crippen molar-refractivity contribution in [3.8, 4) is 21.8 Å². The molecular weight excluding hydrogens is 500 g/mol. The summed E-state index contributed by atoms with van der Waals surface area (Å²) in [6.45, 7) is 1.10. The lowest BCUT2D eigenvalue weighted by molar-refractivity contribution is -0.00308. The molecule has 0 unspecified atom stereocenters. The summed E-state index contributed by atoms with van der Waals surface area (Å²) in [6, 6.07) is 3.84. The summed E-state index contributed by atoms with van der Waals surface area (Å²) in [5, 5.41) is 7.12. The first-order chi connectivity index (χ1) is 17.4.